The minimum atomic E-state index is 0.976. The van der Waals surface area contributed by atoms with E-state index in [0.29, 0.717) is 0 Å². The molecular formula is C13H26. The highest BCUT2D eigenvalue weighted by Crippen LogP contribution is 2.41. The van der Waals surface area contributed by atoms with Crippen LogP contribution in [0.5, 0.6) is 0 Å². The first kappa shape index (κ1) is 11.1. The SMILES string of the molecule is CCCCCCC(C)C(C)C1CC1. The van der Waals surface area contributed by atoms with Gasteiger partial charge in [-0.25, -0.2) is 0 Å². The van der Waals surface area contributed by atoms with Crippen LogP contribution in [-0.2, 0) is 0 Å². The van der Waals surface area contributed by atoms with Crippen LogP contribution in [-0.4, -0.2) is 0 Å². The molecule has 0 aromatic rings. The van der Waals surface area contributed by atoms with Crippen molar-refractivity contribution in [2.45, 2.75) is 65.7 Å². The Bertz CT molecular complexity index is 124. The number of hydrogen-bond donors (Lipinski definition) is 0. The molecule has 0 aromatic carbocycles. The van der Waals surface area contributed by atoms with Crippen LogP contribution in [0.4, 0.5) is 0 Å². The first-order chi connectivity index (χ1) is 6.25. The van der Waals surface area contributed by atoms with Gasteiger partial charge in [0.1, 0.15) is 0 Å². The van der Waals surface area contributed by atoms with E-state index in [1.54, 1.807) is 0 Å². The third-order valence-corrected chi connectivity index (χ3v) is 3.78. The highest BCUT2D eigenvalue weighted by molar-refractivity contribution is 4.81. The zero-order chi connectivity index (χ0) is 9.68. The van der Waals surface area contributed by atoms with Gasteiger partial charge in [0.2, 0.25) is 0 Å². The summed E-state index contributed by atoms with van der Waals surface area (Å²) in [5, 5.41) is 0. The fourth-order valence-electron chi connectivity index (χ4n) is 2.24. The maximum absolute atomic E-state index is 2.46. The van der Waals surface area contributed by atoms with Gasteiger partial charge in [0, 0.05) is 0 Å². The molecule has 2 unspecified atom stereocenters. The van der Waals surface area contributed by atoms with Gasteiger partial charge in [0.25, 0.3) is 0 Å². The Hall–Kier alpha value is 0. The van der Waals surface area contributed by atoms with E-state index < -0.39 is 0 Å². The summed E-state index contributed by atoms with van der Waals surface area (Å²) in [5.74, 6) is 3.08. The molecule has 0 aromatic heterocycles. The molecule has 0 amide bonds. The molecule has 0 radical (unpaired) electrons. The lowest BCUT2D eigenvalue weighted by Crippen LogP contribution is -2.09. The van der Waals surface area contributed by atoms with E-state index in [2.05, 4.69) is 20.8 Å². The molecule has 1 fully saturated rings. The van der Waals surface area contributed by atoms with Crippen molar-refractivity contribution in [3.8, 4) is 0 Å². The average molecular weight is 182 g/mol. The van der Waals surface area contributed by atoms with Gasteiger partial charge in [-0.05, 0) is 30.6 Å². The lowest BCUT2D eigenvalue weighted by atomic mass is 9.87. The van der Waals surface area contributed by atoms with E-state index in [-0.39, 0.29) is 0 Å². The van der Waals surface area contributed by atoms with E-state index in [0.717, 1.165) is 17.8 Å². The summed E-state index contributed by atoms with van der Waals surface area (Å²) in [6.07, 6.45) is 10.2. The van der Waals surface area contributed by atoms with Crippen LogP contribution >= 0.6 is 0 Å². The van der Waals surface area contributed by atoms with Gasteiger partial charge >= 0.3 is 0 Å². The molecule has 0 heterocycles. The molecule has 1 aliphatic carbocycles. The van der Waals surface area contributed by atoms with Crippen molar-refractivity contribution >= 4 is 0 Å². The second-order valence-electron chi connectivity index (χ2n) is 5.02. The topological polar surface area (TPSA) is 0 Å². The highest BCUT2D eigenvalue weighted by Gasteiger charge is 2.30. The normalized spacial score (nSPS) is 21.5. The van der Waals surface area contributed by atoms with Crippen molar-refractivity contribution in [3.05, 3.63) is 0 Å². The molecule has 0 spiro atoms. The van der Waals surface area contributed by atoms with Crippen molar-refractivity contribution in [1.82, 2.24) is 0 Å². The Morgan fingerprint density at radius 2 is 1.77 bits per heavy atom. The predicted octanol–water partition coefficient (Wildman–Crippen LogP) is 4.64. The smallest absolute Gasteiger partial charge is 0.0386 e. The van der Waals surface area contributed by atoms with Crippen LogP contribution in [0.2, 0.25) is 0 Å². The summed E-state index contributed by atoms with van der Waals surface area (Å²) in [5.41, 5.74) is 0. The average Bonchev–Trinajstić information content (AvgIpc) is 2.94. The van der Waals surface area contributed by atoms with Crippen LogP contribution in [0, 0.1) is 17.8 Å². The summed E-state index contributed by atoms with van der Waals surface area (Å²) in [6.45, 7) is 7.20. The zero-order valence-corrected chi connectivity index (χ0v) is 9.68. The second kappa shape index (κ2) is 5.67. The summed E-state index contributed by atoms with van der Waals surface area (Å²) < 4.78 is 0. The molecule has 2 atom stereocenters. The summed E-state index contributed by atoms with van der Waals surface area (Å²) in [7, 11) is 0. The van der Waals surface area contributed by atoms with Crippen molar-refractivity contribution in [2.75, 3.05) is 0 Å². The first-order valence-electron chi connectivity index (χ1n) is 6.25. The largest absolute Gasteiger partial charge is 0.0654 e. The third-order valence-electron chi connectivity index (χ3n) is 3.78. The molecule has 0 heteroatoms. The fraction of sp³-hybridized carbons (Fsp3) is 1.00. The fourth-order valence-corrected chi connectivity index (χ4v) is 2.24. The molecule has 1 saturated carbocycles. The van der Waals surface area contributed by atoms with Crippen LogP contribution in [0.15, 0.2) is 0 Å². The quantitative estimate of drug-likeness (QED) is 0.503. The van der Waals surface area contributed by atoms with Crippen LogP contribution in [0.1, 0.15) is 65.7 Å². The van der Waals surface area contributed by atoms with E-state index in [9.17, 15) is 0 Å². The molecular weight excluding hydrogens is 156 g/mol. The van der Waals surface area contributed by atoms with Crippen molar-refractivity contribution in [1.29, 1.82) is 0 Å². The van der Waals surface area contributed by atoms with Gasteiger partial charge < -0.3 is 0 Å². The summed E-state index contributed by atoms with van der Waals surface area (Å²) in [6, 6.07) is 0. The maximum Gasteiger partial charge on any atom is -0.0386 e. The number of unbranched alkanes of at least 4 members (excludes halogenated alkanes) is 3. The Morgan fingerprint density at radius 1 is 1.08 bits per heavy atom. The number of rotatable bonds is 7. The summed E-state index contributed by atoms with van der Waals surface area (Å²) in [4.78, 5) is 0. The van der Waals surface area contributed by atoms with E-state index in [1.807, 2.05) is 0 Å². The molecule has 0 saturated heterocycles. The monoisotopic (exact) mass is 182 g/mol. The van der Waals surface area contributed by atoms with Gasteiger partial charge in [-0.3, -0.25) is 0 Å². The molecule has 78 valence electrons. The summed E-state index contributed by atoms with van der Waals surface area (Å²) >= 11 is 0. The Morgan fingerprint density at radius 3 is 2.31 bits per heavy atom. The Labute approximate surface area is 84.1 Å². The lowest BCUT2D eigenvalue weighted by molar-refractivity contribution is 0.317. The molecule has 1 rings (SSSR count). The van der Waals surface area contributed by atoms with Crippen LogP contribution < -0.4 is 0 Å². The van der Waals surface area contributed by atoms with Gasteiger partial charge in [-0.2, -0.15) is 0 Å². The molecule has 1 aliphatic rings. The van der Waals surface area contributed by atoms with Gasteiger partial charge in [0.05, 0.1) is 0 Å². The second-order valence-corrected chi connectivity index (χ2v) is 5.02. The van der Waals surface area contributed by atoms with Crippen molar-refractivity contribution < 1.29 is 0 Å². The van der Waals surface area contributed by atoms with Crippen LogP contribution in [0.25, 0.3) is 0 Å². The van der Waals surface area contributed by atoms with E-state index >= 15 is 0 Å². The van der Waals surface area contributed by atoms with E-state index in [1.165, 1.54) is 44.9 Å². The number of hydrogen-bond acceptors (Lipinski definition) is 0. The zero-order valence-electron chi connectivity index (χ0n) is 9.68. The Kier molecular flexibility index (Phi) is 4.83. The van der Waals surface area contributed by atoms with E-state index in [4.69, 9.17) is 0 Å². The third kappa shape index (κ3) is 4.15. The molecule has 13 heavy (non-hydrogen) atoms. The first-order valence-corrected chi connectivity index (χ1v) is 6.25. The maximum atomic E-state index is 2.46. The van der Waals surface area contributed by atoms with Crippen molar-refractivity contribution in [3.63, 3.8) is 0 Å². The Balaban J connectivity index is 1.99. The van der Waals surface area contributed by atoms with Gasteiger partial charge in [-0.15, -0.1) is 0 Å². The van der Waals surface area contributed by atoms with Crippen molar-refractivity contribution in [2.24, 2.45) is 17.8 Å². The molecule has 0 bridgehead atoms. The molecule has 0 nitrogen and oxygen atoms in total. The molecule has 0 N–H and O–H groups in total. The minimum Gasteiger partial charge on any atom is -0.0654 e. The van der Waals surface area contributed by atoms with Gasteiger partial charge in [0.15, 0.2) is 0 Å². The van der Waals surface area contributed by atoms with Gasteiger partial charge in [-0.1, -0.05) is 52.9 Å². The molecule has 0 aliphatic heterocycles. The van der Waals surface area contributed by atoms with Crippen LogP contribution in [0.3, 0.4) is 0 Å². The minimum absolute atomic E-state index is 0.976. The lowest BCUT2D eigenvalue weighted by Gasteiger charge is -2.19. The predicted molar refractivity (Wildman–Crippen MR) is 59.8 cm³/mol. The highest BCUT2D eigenvalue weighted by atomic mass is 14.4. The standard InChI is InChI=1S/C13H26/c1-4-5-6-7-8-11(2)12(3)13-9-10-13/h11-13H,4-10H2,1-3H3.